The number of anilines is 1. The van der Waals surface area contributed by atoms with Crippen molar-refractivity contribution in [2.45, 2.75) is 12.8 Å². The van der Waals surface area contributed by atoms with Crippen molar-refractivity contribution >= 4 is 24.0 Å². The molecular formula is C16H26ClN3O2. The van der Waals surface area contributed by atoms with E-state index in [1.807, 2.05) is 31.3 Å². The Labute approximate surface area is 138 Å². The average molecular weight is 328 g/mol. The van der Waals surface area contributed by atoms with E-state index < -0.39 is 0 Å². The average Bonchev–Trinajstić information content (AvgIpc) is 2.50. The summed E-state index contributed by atoms with van der Waals surface area (Å²) in [5.41, 5.74) is 0.732. The number of hydrogen-bond donors (Lipinski definition) is 2. The van der Waals surface area contributed by atoms with Gasteiger partial charge >= 0.3 is 0 Å². The van der Waals surface area contributed by atoms with E-state index in [1.165, 1.54) is 0 Å². The van der Waals surface area contributed by atoms with Crippen LogP contribution in [-0.4, -0.2) is 51.1 Å². The lowest BCUT2D eigenvalue weighted by Gasteiger charge is -2.31. The molecule has 6 heteroatoms. The summed E-state index contributed by atoms with van der Waals surface area (Å²) in [4.78, 5) is 14.4. The second-order valence-corrected chi connectivity index (χ2v) is 5.53. The van der Waals surface area contributed by atoms with Gasteiger partial charge in [-0.15, -0.1) is 12.4 Å². The molecule has 1 saturated heterocycles. The second kappa shape index (κ2) is 9.66. The maximum atomic E-state index is 12.1. The highest BCUT2D eigenvalue weighted by Crippen LogP contribution is 2.23. The molecule has 0 unspecified atom stereocenters. The van der Waals surface area contributed by atoms with Crippen molar-refractivity contribution < 1.29 is 9.53 Å². The molecule has 22 heavy (non-hydrogen) atoms. The first kappa shape index (κ1) is 18.7. The fourth-order valence-corrected chi connectivity index (χ4v) is 2.78. The van der Waals surface area contributed by atoms with Crippen molar-refractivity contribution in [2.24, 2.45) is 5.92 Å². The number of carbonyl (C=O) groups excluding carboxylic acids is 1. The molecule has 5 nitrogen and oxygen atoms in total. The van der Waals surface area contributed by atoms with Crippen LogP contribution in [0.4, 0.5) is 5.69 Å². The number of hydrogen-bond acceptors (Lipinski definition) is 4. The predicted octanol–water partition coefficient (Wildman–Crippen LogP) is 1.99. The highest BCUT2D eigenvalue weighted by atomic mass is 35.5. The summed E-state index contributed by atoms with van der Waals surface area (Å²) in [5, 5.41) is 6.15. The molecule has 1 aliphatic rings. The smallest absolute Gasteiger partial charge is 0.238 e. The van der Waals surface area contributed by atoms with E-state index in [9.17, 15) is 4.79 Å². The number of amides is 1. The summed E-state index contributed by atoms with van der Waals surface area (Å²) in [7, 11) is 3.60. The minimum Gasteiger partial charge on any atom is -0.495 e. The molecule has 1 fully saturated rings. The van der Waals surface area contributed by atoms with Crippen LogP contribution in [0.3, 0.4) is 0 Å². The van der Waals surface area contributed by atoms with Crippen molar-refractivity contribution in [3.63, 3.8) is 0 Å². The number of rotatable bonds is 6. The summed E-state index contributed by atoms with van der Waals surface area (Å²) >= 11 is 0. The lowest BCUT2D eigenvalue weighted by atomic mass is 9.97. The van der Waals surface area contributed by atoms with Crippen LogP contribution in [0.2, 0.25) is 0 Å². The number of ether oxygens (including phenoxy) is 1. The Kier molecular flexibility index (Phi) is 8.24. The van der Waals surface area contributed by atoms with Gasteiger partial charge in [0.05, 0.1) is 19.3 Å². The summed E-state index contributed by atoms with van der Waals surface area (Å²) in [6, 6.07) is 7.48. The largest absolute Gasteiger partial charge is 0.495 e. The summed E-state index contributed by atoms with van der Waals surface area (Å²) in [5.74, 6) is 1.45. The number of carbonyl (C=O) groups is 1. The molecule has 0 bridgehead atoms. The molecule has 0 saturated carbocycles. The van der Waals surface area contributed by atoms with Gasteiger partial charge in [-0.05, 0) is 57.6 Å². The number of piperidine rings is 1. The Bertz CT molecular complexity index is 462. The van der Waals surface area contributed by atoms with Gasteiger partial charge in [0.2, 0.25) is 5.91 Å². The number of nitrogens with one attached hydrogen (secondary N) is 2. The quantitative estimate of drug-likeness (QED) is 0.839. The van der Waals surface area contributed by atoms with E-state index in [0.29, 0.717) is 12.3 Å². The zero-order chi connectivity index (χ0) is 15.1. The van der Waals surface area contributed by atoms with Gasteiger partial charge in [0.15, 0.2) is 0 Å². The van der Waals surface area contributed by atoms with Crippen molar-refractivity contribution in [1.82, 2.24) is 10.2 Å². The van der Waals surface area contributed by atoms with E-state index in [-0.39, 0.29) is 18.3 Å². The van der Waals surface area contributed by atoms with Gasteiger partial charge in [0.25, 0.3) is 0 Å². The molecule has 0 aliphatic carbocycles. The molecule has 1 amide bonds. The van der Waals surface area contributed by atoms with E-state index in [1.54, 1.807) is 7.11 Å². The van der Waals surface area contributed by atoms with Crippen LogP contribution in [0, 0.1) is 5.92 Å². The third-order valence-electron chi connectivity index (χ3n) is 3.95. The van der Waals surface area contributed by atoms with Crippen molar-refractivity contribution in [1.29, 1.82) is 0 Å². The van der Waals surface area contributed by atoms with Crippen molar-refractivity contribution in [3.8, 4) is 5.75 Å². The molecule has 0 radical (unpaired) electrons. The molecule has 0 atom stereocenters. The Morgan fingerprint density at radius 2 is 2.00 bits per heavy atom. The molecule has 2 rings (SSSR count). The minimum absolute atomic E-state index is 0. The molecule has 1 aromatic carbocycles. The highest BCUT2D eigenvalue weighted by Gasteiger charge is 2.20. The van der Waals surface area contributed by atoms with Crippen LogP contribution in [0.25, 0.3) is 0 Å². The van der Waals surface area contributed by atoms with Crippen LogP contribution in [-0.2, 0) is 4.79 Å². The van der Waals surface area contributed by atoms with E-state index in [2.05, 4.69) is 15.5 Å². The van der Waals surface area contributed by atoms with E-state index >= 15 is 0 Å². The van der Waals surface area contributed by atoms with Crippen molar-refractivity contribution in [3.05, 3.63) is 24.3 Å². The fraction of sp³-hybridized carbons (Fsp3) is 0.562. The summed E-state index contributed by atoms with van der Waals surface area (Å²) in [6.45, 7) is 3.50. The standard InChI is InChI=1S/C16H25N3O2.ClH/c1-17-11-13-7-9-19(10-8-13)12-16(20)18-14-5-3-4-6-15(14)21-2;/h3-6,13,17H,7-12H2,1-2H3,(H,18,20);1H. The van der Waals surface area contributed by atoms with E-state index in [4.69, 9.17) is 4.74 Å². The van der Waals surface area contributed by atoms with Crippen LogP contribution in [0.5, 0.6) is 5.75 Å². The molecular weight excluding hydrogens is 302 g/mol. The first-order chi connectivity index (χ1) is 10.2. The number of benzene rings is 1. The van der Waals surface area contributed by atoms with Crippen LogP contribution >= 0.6 is 12.4 Å². The Hall–Kier alpha value is -1.30. The third-order valence-corrected chi connectivity index (χ3v) is 3.95. The maximum absolute atomic E-state index is 12.1. The minimum atomic E-state index is 0. The number of para-hydroxylation sites is 2. The SMILES string of the molecule is CNCC1CCN(CC(=O)Nc2ccccc2OC)CC1.Cl. The highest BCUT2D eigenvalue weighted by molar-refractivity contribution is 5.93. The molecule has 124 valence electrons. The van der Waals surface area contributed by atoms with Crippen molar-refractivity contribution in [2.75, 3.05) is 45.7 Å². The summed E-state index contributed by atoms with van der Waals surface area (Å²) in [6.07, 6.45) is 2.31. The van der Waals surface area contributed by atoms with Gasteiger partial charge in [0.1, 0.15) is 5.75 Å². The van der Waals surface area contributed by atoms with E-state index in [0.717, 1.165) is 44.1 Å². The Morgan fingerprint density at radius 1 is 1.32 bits per heavy atom. The maximum Gasteiger partial charge on any atom is 0.238 e. The normalized spacial score (nSPS) is 15.9. The predicted molar refractivity (Wildman–Crippen MR) is 92.0 cm³/mol. The van der Waals surface area contributed by atoms with Gasteiger partial charge in [-0.2, -0.15) is 0 Å². The second-order valence-electron chi connectivity index (χ2n) is 5.53. The Morgan fingerprint density at radius 3 is 2.64 bits per heavy atom. The van der Waals surface area contributed by atoms with Crippen LogP contribution < -0.4 is 15.4 Å². The molecule has 0 aromatic heterocycles. The number of methoxy groups -OCH3 is 1. The van der Waals surface area contributed by atoms with Crippen LogP contribution in [0.1, 0.15) is 12.8 Å². The zero-order valence-corrected chi connectivity index (χ0v) is 14.1. The number of halogens is 1. The van der Waals surface area contributed by atoms with Gasteiger partial charge in [-0.1, -0.05) is 12.1 Å². The molecule has 0 spiro atoms. The van der Waals surface area contributed by atoms with Gasteiger partial charge in [-0.3, -0.25) is 9.69 Å². The lowest BCUT2D eigenvalue weighted by Crippen LogP contribution is -2.40. The topological polar surface area (TPSA) is 53.6 Å². The lowest BCUT2D eigenvalue weighted by molar-refractivity contribution is -0.117. The molecule has 1 heterocycles. The number of likely N-dealkylation sites (tertiary alicyclic amines) is 1. The van der Waals surface area contributed by atoms with Gasteiger partial charge in [-0.25, -0.2) is 0 Å². The third kappa shape index (κ3) is 5.48. The summed E-state index contributed by atoms with van der Waals surface area (Å²) < 4.78 is 5.24. The molecule has 2 N–H and O–H groups in total. The first-order valence-corrected chi connectivity index (χ1v) is 7.52. The Balaban J connectivity index is 0.00000242. The van der Waals surface area contributed by atoms with Gasteiger partial charge < -0.3 is 15.4 Å². The fourth-order valence-electron chi connectivity index (χ4n) is 2.78. The monoisotopic (exact) mass is 327 g/mol. The number of nitrogens with zero attached hydrogens (tertiary/aromatic N) is 1. The zero-order valence-electron chi connectivity index (χ0n) is 13.3. The molecule has 1 aromatic rings. The molecule has 1 aliphatic heterocycles. The first-order valence-electron chi connectivity index (χ1n) is 7.52. The van der Waals surface area contributed by atoms with Gasteiger partial charge in [0, 0.05) is 0 Å². The van der Waals surface area contributed by atoms with Crippen LogP contribution in [0.15, 0.2) is 24.3 Å².